The number of carbonyl (C=O) groups excluding carboxylic acids is 3. The first-order valence-corrected chi connectivity index (χ1v) is 13.6. The Morgan fingerprint density at radius 3 is 2.27 bits per heavy atom. The monoisotopic (exact) mass is 556 g/mol. The predicted molar refractivity (Wildman–Crippen MR) is 163 cm³/mol. The molecule has 0 radical (unpaired) electrons. The van der Waals surface area contributed by atoms with Gasteiger partial charge in [0, 0.05) is 14.1 Å². The van der Waals surface area contributed by atoms with Crippen molar-refractivity contribution in [1.29, 1.82) is 0 Å². The van der Waals surface area contributed by atoms with E-state index >= 15 is 0 Å². The van der Waals surface area contributed by atoms with Crippen molar-refractivity contribution in [3.8, 4) is 0 Å². The lowest BCUT2D eigenvalue weighted by atomic mass is 10.0. The van der Waals surface area contributed by atoms with Gasteiger partial charge in [-0.15, -0.1) is 0 Å². The SMILES string of the molecule is CC(C)(N)C(=O)NC(CCCc1ccccc1)C(=O)Nc1cnc[nH]1.CN(C)C(=O)Cc1ccc2ccccc2c1. The van der Waals surface area contributed by atoms with E-state index in [9.17, 15) is 14.4 Å². The molecule has 0 aliphatic heterocycles. The number of nitrogens with zero attached hydrogens (tertiary/aromatic N) is 2. The van der Waals surface area contributed by atoms with E-state index in [1.54, 1.807) is 32.8 Å². The maximum Gasteiger partial charge on any atom is 0.248 e. The number of benzene rings is 3. The zero-order valence-electron chi connectivity index (χ0n) is 24.2. The summed E-state index contributed by atoms with van der Waals surface area (Å²) in [5.74, 6) is -0.0403. The van der Waals surface area contributed by atoms with E-state index in [0.29, 0.717) is 18.7 Å². The van der Waals surface area contributed by atoms with Crippen LogP contribution in [-0.2, 0) is 27.2 Å². The summed E-state index contributed by atoms with van der Waals surface area (Å²) < 4.78 is 0. The molecule has 0 aliphatic carbocycles. The fourth-order valence-electron chi connectivity index (χ4n) is 3.99. The van der Waals surface area contributed by atoms with Gasteiger partial charge in [0.05, 0.1) is 24.5 Å². The lowest BCUT2D eigenvalue weighted by Crippen LogP contribution is -2.54. The summed E-state index contributed by atoms with van der Waals surface area (Å²) >= 11 is 0. The summed E-state index contributed by atoms with van der Waals surface area (Å²) in [7, 11) is 3.56. The van der Waals surface area contributed by atoms with E-state index in [-0.39, 0.29) is 17.7 Å². The van der Waals surface area contributed by atoms with E-state index in [0.717, 1.165) is 18.4 Å². The molecule has 9 heteroatoms. The molecule has 216 valence electrons. The van der Waals surface area contributed by atoms with Crippen LogP contribution in [-0.4, -0.2) is 58.3 Å². The topological polar surface area (TPSA) is 133 Å². The number of rotatable bonds is 10. The lowest BCUT2D eigenvalue weighted by Gasteiger charge is -2.23. The molecule has 1 aromatic heterocycles. The number of aromatic nitrogens is 2. The lowest BCUT2D eigenvalue weighted by molar-refractivity contribution is -0.129. The van der Waals surface area contributed by atoms with Gasteiger partial charge in [0.1, 0.15) is 11.9 Å². The van der Waals surface area contributed by atoms with Crippen LogP contribution >= 0.6 is 0 Å². The average molecular weight is 557 g/mol. The third-order valence-corrected chi connectivity index (χ3v) is 6.43. The van der Waals surface area contributed by atoms with Crippen molar-refractivity contribution >= 4 is 34.3 Å². The number of aromatic amines is 1. The Morgan fingerprint density at radius 2 is 1.63 bits per heavy atom. The van der Waals surface area contributed by atoms with Gasteiger partial charge >= 0.3 is 0 Å². The molecule has 3 amide bonds. The number of amides is 3. The number of nitrogens with two attached hydrogens (primary N) is 1. The Hall–Kier alpha value is -4.50. The second-order valence-corrected chi connectivity index (χ2v) is 10.7. The molecule has 1 atom stereocenters. The largest absolute Gasteiger partial charge is 0.349 e. The van der Waals surface area contributed by atoms with Gasteiger partial charge in [-0.1, -0.05) is 72.8 Å². The number of aryl methyl sites for hydroxylation is 1. The first kappa shape index (κ1) is 31.0. The summed E-state index contributed by atoms with van der Waals surface area (Å²) in [6.07, 6.45) is 5.55. The first-order chi connectivity index (χ1) is 19.5. The number of fused-ring (bicyclic) bond motifs is 1. The van der Waals surface area contributed by atoms with Crippen LogP contribution in [0.4, 0.5) is 5.82 Å². The van der Waals surface area contributed by atoms with Gasteiger partial charge in [-0.3, -0.25) is 14.4 Å². The third kappa shape index (κ3) is 10.2. The van der Waals surface area contributed by atoms with Crippen molar-refractivity contribution in [1.82, 2.24) is 20.2 Å². The summed E-state index contributed by atoms with van der Waals surface area (Å²) in [6, 6.07) is 23.7. The standard InChI is InChI=1S/C18H25N5O2.C14H15NO/c1-18(2,19)17(25)22-14(16(24)23-15-11-20-12-21-15)10-6-9-13-7-4-3-5-8-13;1-15(2)14(16)10-11-7-8-12-5-3-4-6-13(12)9-11/h3-5,7-8,11-12,14H,6,9-10,19H2,1-2H3,(H,20,21)(H,22,25)(H,23,24);3-9H,10H2,1-2H3. The molecule has 3 aromatic carbocycles. The summed E-state index contributed by atoms with van der Waals surface area (Å²) in [5, 5.41) is 7.86. The van der Waals surface area contributed by atoms with Gasteiger partial charge in [0.2, 0.25) is 17.7 Å². The Morgan fingerprint density at radius 1 is 0.951 bits per heavy atom. The minimum absolute atomic E-state index is 0.135. The van der Waals surface area contributed by atoms with Crippen molar-refractivity contribution < 1.29 is 14.4 Å². The van der Waals surface area contributed by atoms with E-state index < -0.39 is 11.6 Å². The van der Waals surface area contributed by atoms with Crippen LogP contribution in [0.2, 0.25) is 0 Å². The Labute approximate surface area is 241 Å². The van der Waals surface area contributed by atoms with Gasteiger partial charge in [-0.2, -0.15) is 0 Å². The molecule has 0 spiro atoms. The van der Waals surface area contributed by atoms with Crippen molar-refractivity contribution in [2.45, 2.75) is 51.1 Å². The molecular weight excluding hydrogens is 516 g/mol. The average Bonchev–Trinajstić information content (AvgIpc) is 3.45. The second kappa shape index (κ2) is 14.8. The fourth-order valence-corrected chi connectivity index (χ4v) is 3.99. The number of likely N-dealkylation sites (N-methyl/N-ethyl adjacent to an activating group) is 1. The number of H-pyrrole nitrogens is 1. The van der Waals surface area contributed by atoms with E-state index in [1.807, 2.05) is 48.5 Å². The number of nitrogens with one attached hydrogen (secondary N) is 3. The number of imidazole rings is 1. The Bertz CT molecular complexity index is 1410. The van der Waals surface area contributed by atoms with Gasteiger partial charge in [0.15, 0.2) is 0 Å². The molecule has 0 saturated carbocycles. The van der Waals surface area contributed by atoms with E-state index in [2.05, 4.69) is 44.9 Å². The van der Waals surface area contributed by atoms with Crippen LogP contribution in [0.5, 0.6) is 0 Å². The maximum atomic E-state index is 12.5. The smallest absolute Gasteiger partial charge is 0.248 e. The van der Waals surface area contributed by atoms with Crippen LogP contribution < -0.4 is 16.4 Å². The highest BCUT2D eigenvalue weighted by Crippen LogP contribution is 2.16. The predicted octanol–water partition coefficient (Wildman–Crippen LogP) is 4.06. The van der Waals surface area contributed by atoms with Crippen LogP contribution in [0.1, 0.15) is 37.8 Å². The Kier molecular flexibility index (Phi) is 11.2. The van der Waals surface area contributed by atoms with E-state index in [4.69, 9.17) is 5.73 Å². The molecule has 0 saturated heterocycles. The molecule has 1 heterocycles. The molecule has 0 fully saturated rings. The zero-order chi connectivity index (χ0) is 29.8. The first-order valence-electron chi connectivity index (χ1n) is 13.6. The number of hydrogen-bond donors (Lipinski definition) is 4. The quantitative estimate of drug-likeness (QED) is 0.234. The normalized spacial score (nSPS) is 11.6. The summed E-state index contributed by atoms with van der Waals surface area (Å²) in [4.78, 5) is 44.5. The fraction of sp³-hybridized carbons (Fsp3) is 0.312. The molecular formula is C32H40N6O3. The molecule has 1 unspecified atom stereocenters. The van der Waals surface area contributed by atoms with Crippen molar-refractivity contribution in [3.05, 3.63) is 96.4 Å². The Balaban J connectivity index is 0.000000248. The molecule has 0 aliphatic rings. The second-order valence-electron chi connectivity index (χ2n) is 10.7. The highest BCUT2D eigenvalue weighted by atomic mass is 16.2. The van der Waals surface area contributed by atoms with Crippen molar-refractivity contribution in [3.63, 3.8) is 0 Å². The summed E-state index contributed by atoms with van der Waals surface area (Å²) in [6.45, 7) is 3.21. The minimum atomic E-state index is -1.05. The molecule has 9 nitrogen and oxygen atoms in total. The van der Waals surface area contributed by atoms with Gasteiger partial charge < -0.3 is 26.3 Å². The molecule has 0 bridgehead atoms. The highest BCUT2D eigenvalue weighted by molar-refractivity contribution is 5.97. The van der Waals surface area contributed by atoms with Crippen LogP contribution in [0.25, 0.3) is 10.8 Å². The van der Waals surface area contributed by atoms with Gasteiger partial charge in [-0.05, 0) is 55.0 Å². The minimum Gasteiger partial charge on any atom is -0.349 e. The van der Waals surface area contributed by atoms with Crippen LogP contribution in [0.15, 0.2) is 85.3 Å². The number of anilines is 1. The summed E-state index contributed by atoms with van der Waals surface area (Å²) in [5.41, 5.74) is 7.04. The zero-order valence-corrected chi connectivity index (χ0v) is 24.2. The molecule has 5 N–H and O–H groups in total. The molecule has 4 aromatic rings. The molecule has 41 heavy (non-hydrogen) atoms. The highest BCUT2D eigenvalue weighted by Gasteiger charge is 2.28. The van der Waals surface area contributed by atoms with E-state index in [1.165, 1.54) is 28.9 Å². The van der Waals surface area contributed by atoms with Crippen molar-refractivity contribution in [2.75, 3.05) is 19.4 Å². The number of carbonyl (C=O) groups is 3. The maximum absolute atomic E-state index is 12.5. The third-order valence-electron chi connectivity index (χ3n) is 6.43. The van der Waals surface area contributed by atoms with Crippen molar-refractivity contribution in [2.24, 2.45) is 5.73 Å². The van der Waals surface area contributed by atoms with Gasteiger partial charge in [0.25, 0.3) is 0 Å². The molecule has 4 rings (SSSR count). The van der Waals surface area contributed by atoms with Crippen LogP contribution in [0, 0.1) is 0 Å². The number of hydrogen-bond acceptors (Lipinski definition) is 5. The van der Waals surface area contributed by atoms with Crippen LogP contribution in [0.3, 0.4) is 0 Å². The van der Waals surface area contributed by atoms with Gasteiger partial charge in [-0.25, -0.2) is 4.98 Å².